The number of hydrogen-bond acceptors (Lipinski definition) is 5. The van der Waals surface area contributed by atoms with Gasteiger partial charge in [0.2, 0.25) is 10.0 Å². The molecule has 1 aromatic heterocycles. The summed E-state index contributed by atoms with van der Waals surface area (Å²) in [6.45, 7) is 0.771. The maximum atomic E-state index is 12.2. The average Bonchev–Trinajstić information content (AvgIpc) is 2.82. The van der Waals surface area contributed by atoms with Gasteiger partial charge in [-0.05, 0) is 0 Å². The van der Waals surface area contributed by atoms with Gasteiger partial charge in [0, 0.05) is 32.8 Å². The van der Waals surface area contributed by atoms with Crippen LogP contribution >= 0.6 is 12.2 Å². The zero-order valence-electron chi connectivity index (χ0n) is 10.00. The summed E-state index contributed by atoms with van der Waals surface area (Å²) in [5, 5.41) is 6.11. The van der Waals surface area contributed by atoms with Crippen molar-refractivity contribution in [2.45, 2.75) is 11.3 Å². The van der Waals surface area contributed by atoms with Gasteiger partial charge in [0.25, 0.3) is 0 Å². The van der Waals surface area contributed by atoms with Crippen LogP contribution < -0.4 is 5.73 Å². The van der Waals surface area contributed by atoms with E-state index in [0.29, 0.717) is 13.0 Å². The highest BCUT2D eigenvalue weighted by molar-refractivity contribution is 7.89. The minimum atomic E-state index is -3.58. The quantitative estimate of drug-likeness (QED) is 0.639. The highest BCUT2D eigenvalue weighted by Crippen LogP contribution is 2.13. The van der Waals surface area contributed by atoms with Crippen molar-refractivity contribution < 1.29 is 13.2 Å². The minimum absolute atomic E-state index is 0.113. The van der Waals surface area contributed by atoms with Gasteiger partial charge in [-0.15, -0.1) is 0 Å². The van der Waals surface area contributed by atoms with E-state index in [0.717, 1.165) is 0 Å². The molecule has 0 unspecified atom stereocenters. The Morgan fingerprint density at radius 3 is 2.83 bits per heavy atom. The minimum Gasteiger partial charge on any atom is -0.393 e. The van der Waals surface area contributed by atoms with Gasteiger partial charge in [-0.2, -0.15) is 9.40 Å². The number of aromatic nitrogens is 2. The second kappa shape index (κ2) is 6.78. The molecule has 0 aliphatic rings. The first kappa shape index (κ1) is 15.0. The highest BCUT2D eigenvalue weighted by Gasteiger charge is 2.24. The number of nitrogens with zero attached hydrogens (tertiary/aromatic N) is 2. The Bertz CT molecular complexity index is 472. The SMILES string of the molecule is COCCN(CCC(N)=S)S(=O)(=O)c1cn[nH]c1. The van der Waals surface area contributed by atoms with Crippen molar-refractivity contribution in [3.8, 4) is 0 Å². The zero-order valence-corrected chi connectivity index (χ0v) is 11.6. The number of ether oxygens (including phenoxy) is 1. The lowest BCUT2D eigenvalue weighted by molar-refractivity contribution is 0.179. The molecule has 1 heterocycles. The number of H-pyrrole nitrogens is 1. The Morgan fingerprint density at radius 2 is 2.33 bits per heavy atom. The number of hydrogen-bond donors (Lipinski definition) is 2. The van der Waals surface area contributed by atoms with E-state index in [1.54, 1.807) is 0 Å². The predicted molar refractivity (Wildman–Crippen MR) is 70.6 cm³/mol. The second-order valence-electron chi connectivity index (χ2n) is 3.55. The summed E-state index contributed by atoms with van der Waals surface area (Å²) < 4.78 is 30.7. The van der Waals surface area contributed by atoms with Gasteiger partial charge in [-0.3, -0.25) is 5.10 Å². The van der Waals surface area contributed by atoms with E-state index in [-0.39, 0.29) is 23.0 Å². The first-order valence-electron chi connectivity index (χ1n) is 5.24. The number of methoxy groups -OCH3 is 1. The molecule has 0 bridgehead atoms. The van der Waals surface area contributed by atoms with Crippen LogP contribution in [0.3, 0.4) is 0 Å². The molecule has 18 heavy (non-hydrogen) atoms. The smallest absolute Gasteiger partial charge is 0.246 e. The number of sulfonamides is 1. The largest absolute Gasteiger partial charge is 0.393 e. The van der Waals surface area contributed by atoms with Crippen LogP contribution in [-0.2, 0) is 14.8 Å². The first-order chi connectivity index (χ1) is 8.48. The number of nitrogens with two attached hydrogens (primary N) is 1. The van der Waals surface area contributed by atoms with Gasteiger partial charge in [-0.1, -0.05) is 12.2 Å². The lowest BCUT2D eigenvalue weighted by Crippen LogP contribution is -2.36. The molecular weight excluding hydrogens is 276 g/mol. The molecule has 0 saturated carbocycles. The highest BCUT2D eigenvalue weighted by atomic mass is 32.2. The van der Waals surface area contributed by atoms with E-state index < -0.39 is 10.0 Å². The van der Waals surface area contributed by atoms with Crippen molar-refractivity contribution >= 4 is 27.2 Å². The molecule has 1 rings (SSSR count). The maximum Gasteiger partial charge on any atom is 0.246 e. The van der Waals surface area contributed by atoms with Crippen molar-refractivity contribution in [3.63, 3.8) is 0 Å². The molecule has 7 nitrogen and oxygen atoms in total. The van der Waals surface area contributed by atoms with Gasteiger partial charge >= 0.3 is 0 Å². The van der Waals surface area contributed by atoms with Crippen molar-refractivity contribution in [1.82, 2.24) is 14.5 Å². The maximum absolute atomic E-state index is 12.2. The normalized spacial score (nSPS) is 11.9. The average molecular weight is 292 g/mol. The van der Waals surface area contributed by atoms with Crippen molar-refractivity contribution in [1.29, 1.82) is 0 Å². The van der Waals surface area contributed by atoms with Gasteiger partial charge in [0.1, 0.15) is 4.90 Å². The summed E-state index contributed by atoms with van der Waals surface area (Å²) in [6.07, 6.45) is 2.92. The van der Waals surface area contributed by atoms with Crippen LogP contribution in [0.2, 0.25) is 0 Å². The van der Waals surface area contributed by atoms with Crippen LogP contribution in [0.5, 0.6) is 0 Å². The molecule has 0 saturated heterocycles. The van der Waals surface area contributed by atoms with Crippen LogP contribution in [0.4, 0.5) is 0 Å². The van der Waals surface area contributed by atoms with Gasteiger partial charge in [0.15, 0.2) is 0 Å². The van der Waals surface area contributed by atoms with Crippen LogP contribution in [0, 0.1) is 0 Å². The van der Waals surface area contributed by atoms with Gasteiger partial charge in [0.05, 0.1) is 17.8 Å². The number of aromatic amines is 1. The fourth-order valence-corrected chi connectivity index (χ4v) is 2.73. The predicted octanol–water partition coefficient (Wildman–Crippen LogP) is -0.277. The molecule has 9 heteroatoms. The summed E-state index contributed by atoms with van der Waals surface area (Å²) in [5.74, 6) is 0. The third-order valence-corrected chi connectivity index (χ3v) is 4.33. The topological polar surface area (TPSA) is 101 Å². The van der Waals surface area contributed by atoms with Crippen molar-refractivity contribution in [3.05, 3.63) is 12.4 Å². The van der Waals surface area contributed by atoms with E-state index in [4.69, 9.17) is 22.7 Å². The fourth-order valence-electron chi connectivity index (χ4n) is 1.31. The zero-order chi connectivity index (χ0) is 13.6. The monoisotopic (exact) mass is 292 g/mol. The number of rotatable bonds is 8. The van der Waals surface area contributed by atoms with E-state index in [9.17, 15) is 8.42 Å². The molecule has 102 valence electrons. The summed E-state index contributed by atoms with van der Waals surface area (Å²) in [4.78, 5) is 0.390. The van der Waals surface area contributed by atoms with E-state index in [2.05, 4.69) is 10.2 Å². The van der Waals surface area contributed by atoms with Crippen LogP contribution in [-0.4, -0.2) is 54.7 Å². The summed E-state index contributed by atoms with van der Waals surface area (Å²) >= 11 is 4.76. The third kappa shape index (κ3) is 4.02. The molecule has 0 aliphatic carbocycles. The third-order valence-electron chi connectivity index (χ3n) is 2.26. The fraction of sp³-hybridized carbons (Fsp3) is 0.556. The summed E-state index contributed by atoms with van der Waals surface area (Å²) in [6, 6.07) is 0. The molecule has 0 aromatic carbocycles. The lowest BCUT2D eigenvalue weighted by Gasteiger charge is -2.20. The molecular formula is C9H16N4O3S2. The van der Waals surface area contributed by atoms with E-state index in [1.165, 1.54) is 23.8 Å². The molecule has 0 atom stereocenters. The molecule has 0 radical (unpaired) electrons. The van der Waals surface area contributed by atoms with Crippen LogP contribution in [0.1, 0.15) is 6.42 Å². The Kier molecular flexibility index (Phi) is 5.66. The molecule has 1 aromatic rings. The van der Waals surface area contributed by atoms with E-state index >= 15 is 0 Å². The van der Waals surface area contributed by atoms with Crippen LogP contribution in [0.15, 0.2) is 17.3 Å². The Labute approximate surface area is 111 Å². The van der Waals surface area contributed by atoms with E-state index in [1.807, 2.05) is 0 Å². The standard InChI is InChI=1S/C9H16N4O3S2/c1-16-5-4-13(3-2-9(10)17)18(14,15)8-6-11-12-7-8/h6-7H,2-5H2,1H3,(H2,10,17)(H,11,12). The first-order valence-corrected chi connectivity index (χ1v) is 7.09. The molecule has 0 spiro atoms. The second-order valence-corrected chi connectivity index (χ2v) is 6.01. The van der Waals surface area contributed by atoms with Crippen molar-refractivity contribution in [2.24, 2.45) is 5.73 Å². The molecule has 0 amide bonds. The Balaban J connectivity index is 2.84. The molecule has 0 aliphatic heterocycles. The van der Waals surface area contributed by atoms with Crippen LogP contribution in [0.25, 0.3) is 0 Å². The Morgan fingerprint density at radius 1 is 1.61 bits per heavy atom. The lowest BCUT2D eigenvalue weighted by atomic mass is 10.4. The molecule has 0 fully saturated rings. The van der Waals surface area contributed by atoms with Gasteiger partial charge < -0.3 is 10.5 Å². The van der Waals surface area contributed by atoms with Crippen molar-refractivity contribution in [2.75, 3.05) is 26.8 Å². The number of thiocarbonyl (C=S) groups is 1. The summed E-state index contributed by atoms with van der Waals surface area (Å²) in [7, 11) is -2.07. The molecule has 3 N–H and O–H groups in total. The van der Waals surface area contributed by atoms with Gasteiger partial charge in [-0.25, -0.2) is 8.42 Å². The number of nitrogens with one attached hydrogen (secondary N) is 1. The summed E-state index contributed by atoms with van der Waals surface area (Å²) in [5.41, 5.74) is 5.39. The Hall–Kier alpha value is -1.03.